The van der Waals surface area contributed by atoms with Gasteiger partial charge in [-0.2, -0.15) is 12.1 Å². The normalized spacial score (nSPS) is 12.1. The zero-order valence-electron chi connectivity index (χ0n) is 38.5. The summed E-state index contributed by atoms with van der Waals surface area (Å²) in [6, 6.07) is 54.6. The summed E-state index contributed by atoms with van der Waals surface area (Å²) in [4.78, 5) is 4.88. The van der Waals surface area contributed by atoms with Crippen LogP contribution in [0.4, 0.5) is 0 Å². The number of imidazole rings is 1. The van der Waals surface area contributed by atoms with E-state index in [0.29, 0.717) is 23.3 Å². The number of para-hydroxylation sites is 1. The first-order chi connectivity index (χ1) is 30.1. The number of hydrogen-bond acceptors (Lipinski definition) is 2. The molecule has 3 aromatic heterocycles. The molecule has 0 aliphatic rings. The number of benzene rings is 6. The molecule has 0 N–H and O–H groups in total. The van der Waals surface area contributed by atoms with Crippen molar-refractivity contribution >= 4 is 21.8 Å². The molecule has 9 aromatic rings. The first-order valence-electron chi connectivity index (χ1n) is 22.2. The van der Waals surface area contributed by atoms with E-state index in [-0.39, 0.29) is 31.9 Å². The van der Waals surface area contributed by atoms with Gasteiger partial charge in [0, 0.05) is 50.5 Å². The summed E-state index contributed by atoms with van der Waals surface area (Å²) >= 11 is 0. The Morgan fingerprint density at radius 2 is 1.30 bits per heavy atom. The van der Waals surface area contributed by atoms with Crippen molar-refractivity contribution in [3.63, 3.8) is 0 Å². The number of rotatable bonds is 9. The zero-order valence-corrected chi connectivity index (χ0v) is 40.8. The number of pyridine rings is 1. The van der Waals surface area contributed by atoms with Gasteiger partial charge in [0.2, 0.25) is 0 Å². The van der Waals surface area contributed by atoms with Gasteiger partial charge in [-0.05, 0) is 97.5 Å². The minimum absolute atomic E-state index is 0. The fraction of sp³-hybridized carbons (Fsp3) is 0.241. The Hall–Kier alpha value is -6.03. The fourth-order valence-electron chi connectivity index (χ4n) is 8.69. The van der Waals surface area contributed by atoms with Crippen molar-refractivity contribution in [2.24, 2.45) is 0 Å². The van der Waals surface area contributed by atoms with Crippen LogP contribution in [0.2, 0.25) is 0 Å². The molecule has 0 aliphatic heterocycles. The van der Waals surface area contributed by atoms with Gasteiger partial charge in [-0.25, -0.2) is 4.98 Å². The number of nitrogens with zero attached hydrogens (tertiary/aromatic N) is 4. The summed E-state index contributed by atoms with van der Waals surface area (Å²) in [5.74, 6) is 2.86. The maximum Gasteiger partial charge on any atom is 0.267 e. The number of hydrogen-bond donors (Lipinski definition) is 0. The van der Waals surface area contributed by atoms with Gasteiger partial charge in [-0.1, -0.05) is 154 Å². The van der Waals surface area contributed by atoms with Gasteiger partial charge in [0.05, 0.1) is 11.4 Å². The average molecular weight is 1020 g/mol. The topological polar surface area (TPSA) is 35.9 Å². The summed E-state index contributed by atoms with van der Waals surface area (Å²) in [6.45, 7) is 22.5. The SMILES string of the molecule is CC(C)c1cccc(C(C)C)c1-c1ccc(-[n+]2[c-]n(-c3[c-]c(Oc4[c-]c5c(cc4)c4ccccc4n5-c4cc(C(C)(C)C)ccn4)cc(-c4ccccc4)c3)c(C(C)(C)C)c2)cc1.[Pt]. The molecule has 0 saturated carbocycles. The van der Waals surface area contributed by atoms with E-state index in [4.69, 9.17) is 9.72 Å². The quantitative estimate of drug-likeness (QED) is 0.107. The van der Waals surface area contributed by atoms with Crippen LogP contribution in [0.5, 0.6) is 11.5 Å². The molecule has 6 heteroatoms. The number of ether oxygens (including phenoxy) is 1. The zero-order chi connectivity index (χ0) is 44.2. The molecule has 0 bridgehead atoms. The van der Waals surface area contributed by atoms with Crippen LogP contribution in [0.3, 0.4) is 0 Å². The van der Waals surface area contributed by atoms with Gasteiger partial charge in [0.15, 0.2) is 0 Å². The van der Waals surface area contributed by atoms with E-state index in [1.165, 1.54) is 27.8 Å². The van der Waals surface area contributed by atoms with E-state index in [1.54, 1.807) is 0 Å². The van der Waals surface area contributed by atoms with Crippen LogP contribution in [0.25, 0.3) is 61.3 Å². The monoisotopic (exact) mass is 1020 g/mol. The first-order valence-corrected chi connectivity index (χ1v) is 22.2. The van der Waals surface area contributed by atoms with Crippen molar-refractivity contribution in [2.75, 3.05) is 0 Å². The molecule has 0 saturated heterocycles. The van der Waals surface area contributed by atoms with Crippen molar-refractivity contribution < 1.29 is 30.4 Å². The average Bonchev–Trinajstić information content (AvgIpc) is 3.87. The van der Waals surface area contributed by atoms with Gasteiger partial charge in [0.1, 0.15) is 5.82 Å². The Morgan fingerprint density at radius 3 is 1.97 bits per heavy atom. The van der Waals surface area contributed by atoms with Crippen LogP contribution in [0.1, 0.15) is 103 Å². The second-order valence-electron chi connectivity index (χ2n) is 19.4. The molecular formula is C58H56N4OPt-2. The molecule has 5 nitrogen and oxygen atoms in total. The Morgan fingerprint density at radius 1 is 0.609 bits per heavy atom. The molecule has 0 amide bonds. The van der Waals surface area contributed by atoms with Gasteiger partial charge < -0.3 is 13.9 Å². The van der Waals surface area contributed by atoms with Crippen molar-refractivity contribution in [2.45, 2.75) is 91.9 Å². The summed E-state index contributed by atoms with van der Waals surface area (Å²) < 4.78 is 13.3. The number of fused-ring (bicyclic) bond motifs is 3. The molecule has 64 heavy (non-hydrogen) atoms. The van der Waals surface area contributed by atoms with Crippen molar-refractivity contribution in [1.82, 2.24) is 14.1 Å². The summed E-state index contributed by atoms with van der Waals surface area (Å²) in [7, 11) is 0. The smallest absolute Gasteiger partial charge is 0.267 e. The molecule has 9 rings (SSSR count). The van der Waals surface area contributed by atoms with E-state index < -0.39 is 0 Å². The van der Waals surface area contributed by atoms with Crippen LogP contribution in [0, 0.1) is 18.5 Å². The van der Waals surface area contributed by atoms with Crippen molar-refractivity contribution in [3.8, 4) is 50.9 Å². The largest absolute Gasteiger partial charge is 0.510 e. The molecule has 0 aliphatic carbocycles. The third-order valence-electron chi connectivity index (χ3n) is 12.1. The molecule has 326 valence electrons. The molecule has 0 atom stereocenters. The van der Waals surface area contributed by atoms with Gasteiger partial charge in [0.25, 0.3) is 6.33 Å². The Balaban J connectivity index is 0.00000560. The van der Waals surface area contributed by atoms with Gasteiger partial charge in [-0.15, -0.1) is 35.2 Å². The van der Waals surface area contributed by atoms with E-state index in [0.717, 1.165) is 55.8 Å². The molecule has 3 heterocycles. The second kappa shape index (κ2) is 17.5. The van der Waals surface area contributed by atoms with E-state index in [2.05, 4.69) is 229 Å². The molecule has 0 fully saturated rings. The van der Waals surface area contributed by atoms with Crippen LogP contribution in [0.15, 0.2) is 146 Å². The summed E-state index contributed by atoms with van der Waals surface area (Å²) in [5, 5.41) is 2.22. The standard InChI is InChI=1S/C58H56N4O.Pt/c1-38(2)48-20-16-21-49(39(3)4)56(48)41-23-25-44(26-24-41)60-36-54(58(8,9)10)61(37-60)45-31-42(40-17-12-11-13-18-40)32-47(34-45)63-46-27-28-51-50-19-14-15-22-52(50)62(53(51)35-46)55-33-43(29-30-59-55)57(5,6)7;/h11-33,36,38-39H,1-10H3;/q-2;. The Bertz CT molecular complexity index is 3080. The summed E-state index contributed by atoms with van der Waals surface area (Å²) in [6.07, 6.45) is 7.82. The minimum Gasteiger partial charge on any atom is -0.510 e. The fourth-order valence-corrected chi connectivity index (χ4v) is 8.69. The third-order valence-corrected chi connectivity index (χ3v) is 12.1. The molecular weight excluding hydrogens is 964 g/mol. The number of aromatic nitrogens is 4. The maximum absolute atomic E-state index is 6.82. The van der Waals surface area contributed by atoms with Crippen molar-refractivity contribution in [1.29, 1.82) is 0 Å². The maximum atomic E-state index is 6.82. The van der Waals surface area contributed by atoms with Crippen LogP contribution in [-0.2, 0) is 31.9 Å². The first kappa shape index (κ1) is 44.6. The predicted octanol–water partition coefficient (Wildman–Crippen LogP) is 14.6. The molecule has 0 radical (unpaired) electrons. The van der Waals surface area contributed by atoms with Crippen LogP contribution < -0.4 is 9.30 Å². The van der Waals surface area contributed by atoms with E-state index in [9.17, 15) is 0 Å². The predicted molar refractivity (Wildman–Crippen MR) is 259 cm³/mol. The van der Waals surface area contributed by atoms with E-state index in [1.807, 2.05) is 18.3 Å². The van der Waals surface area contributed by atoms with Crippen LogP contribution >= 0.6 is 0 Å². The molecule has 0 unspecified atom stereocenters. The molecule has 6 aromatic carbocycles. The Kier molecular flexibility index (Phi) is 12.2. The second-order valence-corrected chi connectivity index (χ2v) is 19.4. The third kappa shape index (κ3) is 8.63. The van der Waals surface area contributed by atoms with E-state index >= 15 is 0 Å². The minimum atomic E-state index is -0.216. The van der Waals surface area contributed by atoms with Crippen molar-refractivity contribution in [3.05, 3.63) is 187 Å². The Labute approximate surface area is 393 Å². The summed E-state index contributed by atoms with van der Waals surface area (Å²) in [5.41, 5.74) is 13.3. The van der Waals surface area contributed by atoms with Gasteiger partial charge >= 0.3 is 0 Å². The van der Waals surface area contributed by atoms with Crippen LogP contribution in [-0.4, -0.2) is 14.1 Å². The molecule has 0 spiro atoms. The van der Waals surface area contributed by atoms with Gasteiger partial charge in [-0.3, -0.25) is 4.57 Å².